The molecule has 0 spiro atoms. The number of nitrogens with one attached hydrogen (secondary N) is 1. The number of carbonyl (C=O) groups is 2. The number of ether oxygens (including phenoxy) is 2. The van der Waals surface area contributed by atoms with Gasteiger partial charge in [0.1, 0.15) is 0 Å². The summed E-state index contributed by atoms with van der Waals surface area (Å²) in [6.45, 7) is 2.56. The van der Waals surface area contributed by atoms with Crippen molar-refractivity contribution in [2.75, 3.05) is 26.0 Å². The van der Waals surface area contributed by atoms with Gasteiger partial charge >= 0.3 is 5.97 Å². The highest BCUT2D eigenvalue weighted by atomic mass is 16.5. The predicted octanol–water partition coefficient (Wildman–Crippen LogP) is 0.967. The molecule has 0 bridgehead atoms. The smallest absolute Gasteiger partial charge is 0.341 e. The number of nitrogens with two attached hydrogens (primary N) is 1. The van der Waals surface area contributed by atoms with Crippen LogP contribution < -0.4 is 11.1 Å². The van der Waals surface area contributed by atoms with E-state index < -0.39 is 12.1 Å². The summed E-state index contributed by atoms with van der Waals surface area (Å²) in [5, 5.41) is 2.66. The topological polar surface area (TPSA) is 90.6 Å². The zero-order valence-corrected chi connectivity index (χ0v) is 11.7. The van der Waals surface area contributed by atoms with Gasteiger partial charge in [-0.1, -0.05) is 12.1 Å². The van der Waals surface area contributed by atoms with Gasteiger partial charge in [-0.2, -0.15) is 0 Å². The van der Waals surface area contributed by atoms with Crippen molar-refractivity contribution >= 4 is 17.6 Å². The molecule has 1 unspecified atom stereocenters. The Morgan fingerprint density at radius 2 is 2.05 bits per heavy atom. The van der Waals surface area contributed by atoms with E-state index in [-0.39, 0.29) is 11.5 Å². The minimum absolute atomic E-state index is 0.256. The number of methoxy groups -OCH3 is 1. The van der Waals surface area contributed by atoms with E-state index in [1.54, 1.807) is 31.4 Å². The lowest BCUT2D eigenvalue weighted by atomic mass is 10.2. The van der Waals surface area contributed by atoms with E-state index in [4.69, 9.17) is 15.2 Å². The fraction of sp³-hybridized carbons (Fsp3) is 0.429. The van der Waals surface area contributed by atoms with Crippen molar-refractivity contribution < 1.29 is 19.1 Å². The Balaban J connectivity index is 2.45. The molecule has 110 valence electrons. The SMILES string of the molecule is COCCCNC(=O)C(C)OC(=O)c1ccccc1N. The number of rotatable bonds is 7. The third kappa shape index (κ3) is 4.89. The molecule has 0 aliphatic carbocycles. The monoisotopic (exact) mass is 280 g/mol. The summed E-state index contributed by atoms with van der Waals surface area (Å²) in [4.78, 5) is 23.6. The molecule has 1 amide bonds. The number of carbonyl (C=O) groups excluding carboxylic acids is 2. The van der Waals surface area contributed by atoms with Gasteiger partial charge in [-0.15, -0.1) is 0 Å². The highest BCUT2D eigenvalue weighted by molar-refractivity contribution is 5.96. The molecule has 1 aromatic carbocycles. The molecule has 1 aromatic rings. The van der Waals surface area contributed by atoms with Crippen LogP contribution in [0.25, 0.3) is 0 Å². The Kier molecular flexibility index (Phi) is 6.52. The van der Waals surface area contributed by atoms with Crippen LogP contribution in [0.5, 0.6) is 0 Å². The lowest BCUT2D eigenvalue weighted by Gasteiger charge is -2.14. The van der Waals surface area contributed by atoms with Crippen LogP contribution in [0.4, 0.5) is 5.69 Å². The number of para-hydroxylation sites is 1. The third-order valence-electron chi connectivity index (χ3n) is 2.66. The van der Waals surface area contributed by atoms with Gasteiger partial charge in [0, 0.05) is 25.9 Å². The molecule has 0 aliphatic heterocycles. The van der Waals surface area contributed by atoms with Crippen molar-refractivity contribution in [2.24, 2.45) is 0 Å². The van der Waals surface area contributed by atoms with Crippen molar-refractivity contribution in [3.05, 3.63) is 29.8 Å². The van der Waals surface area contributed by atoms with E-state index in [2.05, 4.69) is 5.32 Å². The van der Waals surface area contributed by atoms with E-state index in [0.29, 0.717) is 25.3 Å². The number of nitrogen functional groups attached to an aromatic ring is 1. The fourth-order valence-electron chi connectivity index (χ4n) is 1.53. The number of hydrogen-bond donors (Lipinski definition) is 2. The third-order valence-corrected chi connectivity index (χ3v) is 2.66. The number of amides is 1. The van der Waals surface area contributed by atoms with Gasteiger partial charge in [0.15, 0.2) is 6.10 Å². The molecule has 0 saturated heterocycles. The Hall–Kier alpha value is -2.08. The highest BCUT2D eigenvalue weighted by Crippen LogP contribution is 2.12. The number of hydrogen-bond acceptors (Lipinski definition) is 5. The second-order valence-corrected chi connectivity index (χ2v) is 4.27. The van der Waals surface area contributed by atoms with E-state index in [1.165, 1.54) is 6.92 Å². The maximum absolute atomic E-state index is 11.9. The molecule has 6 heteroatoms. The molecule has 1 rings (SSSR count). The van der Waals surface area contributed by atoms with Crippen molar-refractivity contribution in [3.8, 4) is 0 Å². The first-order chi connectivity index (χ1) is 9.56. The van der Waals surface area contributed by atoms with Gasteiger partial charge in [-0.05, 0) is 25.5 Å². The summed E-state index contributed by atoms with van der Waals surface area (Å²) in [6, 6.07) is 6.56. The number of benzene rings is 1. The average Bonchev–Trinajstić information content (AvgIpc) is 2.43. The predicted molar refractivity (Wildman–Crippen MR) is 75.2 cm³/mol. The Morgan fingerprint density at radius 3 is 2.70 bits per heavy atom. The van der Waals surface area contributed by atoms with Crippen LogP contribution >= 0.6 is 0 Å². The Morgan fingerprint density at radius 1 is 1.35 bits per heavy atom. The van der Waals surface area contributed by atoms with Gasteiger partial charge in [0.05, 0.1) is 5.56 Å². The molecule has 0 aromatic heterocycles. The average molecular weight is 280 g/mol. The summed E-state index contributed by atoms with van der Waals surface area (Å²) in [5.41, 5.74) is 6.25. The summed E-state index contributed by atoms with van der Waals surface area (Å²) in [5.74, 6) is -0.952. The zero-order valence-electron chi connectivity index (χ0n) is 11.7. The largest absolute Gasteiger partial charge is 0.449 e. The minimum atomic E-state index is -0.871. The molecule has 0 saturated carbocycles. The van der Waals surface area contributed by atoms with Crippen LogP contribution in [-0.2, 0) is 14.3 Å². The van der Waals surface area contributed by atoms with Gasteiger partial charge in [0.25, 0.3) is 5.91 Å². The van der Waals surface area contributed by atoms with Crippen LogP contribution in [0.1, 0.15) is 23.7 Å². The van der Waals surface area contributed by atoms with Crippen LogP contribution in [0, 0.1) is 0 Å². The van der Waals surface area contributed by atoms with E-state index >= 15 is 0 Å². The molecule has 20 heavy (non-hydrogen) atoms. The molecule has 0 aliphatic rings. The number of anilines is 1. The second-order valence-electron chi connectivity index (χ2n) is 4.27. The summed E-state index contributed by atoms with van der Waals surface area (Å²) >= 11 is 0. The summed E-state index contributed by atoms with van der Waals surface area (Å²) < 4.78 is 9.94. The normalized spacial score (nSPS) is 11.7. The van der Waals surface area contributed by atoms with Gasteiger partial charge in [0.2, 0.25) is 0 Å². The van der Waals surface area contributed by atoms with Crippen LogP contribution in [0.15, 0.2) is 24.3 Å². The highest BCUT2D eigenvalue weighted by Gasteiger charge is 2.19. The molecule has 3 N–H and O–H groups in total. The molecule has 0 fully saturated rings. The second kappa shape index (κ2) is 8.16. The van der Waals surface area contributed by atoms with Crippen LogP contribution in [-0.4, -0.2) is 38.2 Å². The van der Waals surface area contributed by atoms with Crippen molar-refractivity contribution in [1.82, 2.24) is 5.32 Å². The Bertz CT molecular complexity index is 462. The van der Waals surface area contributed by atoms with Crippen LogP contribution in [0.3, 0.4) is 0 Å². The molecule has 6 nitrogen and oxygen atoms in total. The summed E-state index contributed by atoms with van der Waals surface area (Å²) in [6.07, 6.45) is -0.168. The van der Waals surface area contributed by atoms with Gasteiger partial charge < -0.3 is 20.5 Å². The first-order valence-electron chi connectivity index (χ1n) is 6.38. The van der Waals surface area contributed by atoms with Crippen LogP contribution in [0.2, 0.25) is 0 Å². The molecular formula is C14H20N2O4. The minimum Gasteiger partial charge on any atom is -0.449 e. The standard InChI is InChI=1S/C14H20N2O4/c1-10(13(17)16-8-5-9-19-2)20-14(18)11-6-3-4-7-12(11)15/h3-4,6-7,10H,5,8-9,15H2,1-2H3,(H,16,17). The maximum atomic E-state index is 11.9. The van der Waals surface area contributed by atoms with Gasteiger partial charge in [-0.3, -0.25) is 4.79 Å². The Labute approximate surface area is 118 Å². The fourth-order valence-corrected chi connectivity index (χ4v) is 1.53. The van der Waals surface area contributed by atoms with E-state index in [0.717, 1.165) is 0 Å². The maximum Gasteiger partial charge on any atom is 0.341 e. The lowest BCUT2D eigenvalue weighted by Crippen LogP contribution is -2.36. The molecule has 0 heterocycles. The number of esters is 1. The zero-order chi connectivity index (χ0) is 15.0. The quantitative estimate of drug-likeness (QED) is 0.441. The van der Waals surface area contributed by atoms with Crippen molar-refractivity contribution in [3.63, 3.8) is 0 Å². The van der Waals surface area contributed by atoms with Gasteiger partial charge in [-0.25, -0.2) is 4.79 Å². The first-order valence-corrected chi connectivity index (χ1v) is 6.38. The van der Waals surface area contributed by atoms with Crippen molar-refractivity contribution in [1.29, 1.82) is 0 Å². The summed E-state index contributed by atoms with van der Waals surface area (Å²) in [7, 11) is 1.59. The first kappa shape index (κ1) is 16.0. The molecule has 1 atom stereocenters. The molecule has 0 radical (unpaired) electrons. The van der Waals surface area contributed by atoms with Crippen molar-refractivity contribution in [2.45, 2.75) is 19.4 Å². The van der Waals surface area contributed by atoms with E-state index in [1.807, 2.05) is 0 Å². The lowest BCUT2D eigenvalue weighted by molar-refractivity contribution is -0.129. The molecular weight excluding hydrogens is 260 g/mol. The van der Waals surface area contributed by atoms with E-state index in [9.17, 15) is 9.59 Å².